The van der Waals surface area contributed by atoms with E-state index >= 15 is 0 Å². The topological polar surface area (TPSA) is 169 Å². The Balaban J connectivity index is 4.00. The van der Waals surface area contributed by atoms with Gasteiger partial charge in [-0.1, -0.05) is 115 Å². The van der Waals surface area contributed by atoms with Gasteiger partial charge in [0.15, 0.2) is 6.04 Å². The predicted molar refractivity (Wildman–Crippen MR) is 194 cm³/mol. The Labute approximate surface area is 296 Å². The number of carboxylic acids is 1. The zero-order chi connectivity index (χ0) is 36.4. The molecular formula is C37H68NO10P. The number of allylic oxidation sites excluding steroid dienone is 4. The van der Waals surface area contributed by atoms with E-state index in [2.05, 4.69) is 43.5 Å². The third-order valence-corrected chi connectivity index (χ3v) is 8.89. The Morgan fingerprint density at radius 1 is 0.633 bits per heavy atom. The van der Waals surface area contributed by atoms with Crippen LogP contribution < -0.4 is 5.32 Å². The molecule has 3 unspecified atom stereocenters. The number of aliphatic hydroxyl groups is 1. The van der Waals surface area contributed by atoms with Gasteiger partial charge in [-0.05, 0) is 57.8 Å². The molecule has 0 saturated heterocycles. The van der Waals surface area contributed by atoms with Crippen LogP contribution in [0, 0.1) is 0 Å². The highest BCUT2D eigenvalue weighted by molar-refractivity contribution is 7.47. The molecule has 0 spiro atoms. The van der Waals surface area contributed by atoms with Crippen LogP contribution in [0.4, 0.5) is 0 Å². The van der Waals surface area contributed by atoms with Crippen molar-refractivity contribution in [3.8, 4) is 0 Å². The second-order valence-corrected chi connectivity index (χ2v) is 14.2. The van der Waals surface area contributed by atoms with Crippen molar-refractivity contribution < 1.29 is 47.8 Å². The molecule has 0 rings (SSSR count). The monoisotopic (exact) mass is 717 g/mol. The molecule has 0 radical (unpaired) electrons. The molecule has 4 N–H and O–H groups in total. The fourth-order valence-electron chi connectivity index (χ4n) is 4.96. The van der Waals surface area contributed by atoms with E-state index < -0.39 is 57.6 Å². The number of carbonyl (C=O) groups is 3. The minimum absolute atomic E-state index is 0.136. The molecule has 286 valence electrons. The number of esters is 1. The van der Waals surface area contributed by atoms with Crippen LogP contribution in [0.15, 0.2) is 24.3 Å². The van der Waals surface area contributed by atoms with Gasteiger partial charge in [-0.25, -0.2) is 9.36 Å². The van der Waals surface area contributed by atoms with E-state index in [0.29, 0.717) is 12.8 Å². The molecule has 0 heterocycles. The number of hydrogen-bond acceptors (Lipinski definition) is 8. The number of carbonyl (C=O) groups excluding carboxylic acids is 2. The molecule has 0 fully saturated rings. The van der Waals surface area contributed by atoms with Crippen LogP contribution in [-0.2, 0) is 32.7 Å². The van der Waals surface area contributed by atoms with E-state index in [4.69, 9.17) is 13.8 Å². The summed E-state index contributed by atoms with van der Waals surface area (Å²) in [4.78, 5) is 45.6. The quantitative estimate of drug-likeness (QED) is 0.0215. The Morgan fingerprint density at radius 2 is 1.10 bits per heavy atom. The van der Waals surface area contributed by atoms with Gasteiger partial charge in [-0.15, -0.1) is 0 Å². The molecule has 0 aliphatic carbocycles. The number of carboxylic acid groups (broad SMARTS) is 1. The number of rotatable bonds is 35. The number of aliphatic carboxylic acids is 1. The Kier molecular flexibility index (Phi) is 31.7. The lowest BCUT2D eigenvalue weighted by molar-refractivity contribution is -0.147. The highest BCUT2D eigenvalue weighted by Gasteiger charge is 2.28. The summed E-state index contributed by atoms with van der Waals surface area (Å²) >= 11 is 0. The number of amides is 1. The number of phosphoric ester groups is 1. The third-order valence-electron chi connectivity index (χ3n) is 7.94. The number of phosphoric acid groups is 1. The maximum absolute atomic E-state index is 12.2. The molecule has 0 aromatic rings. The average Bonchev–Trinajstić information content (AvgIpc) is 3.07. The molecule has 12 heteroatoms. The molecule has 0 saturated carbocycles. The van der Waals surface area contributed by atoms with Crippen LogP contribution in [-0.4, -0.2) is 64.9 Å². The second-order valence-electron chi connectivity index (χ2n) is 12.8. The standard InChI is InChI=1S/C37H68NO10P/c1-3-5-7-9-11-13-15-16-17-18-19-20-22-24-26-28-35(40)38-34(37(42)43)32-48-49(44,45)47-31-33(39)30-46-36(41)29-27-25-23-21-14-12-10-8-6-4-2/h8,10,16-17,33-34,39H,3-7,9,11-15,18-32H2,1-2H3,(H,38,40)(H,42,43)(H,44,45)/b10-8-,17-16-. The number of nitrogens with one attached hydrogen (secondary N) is 1. The van der Waals surface area contributed by atoms with Gasteiger partial charge >= 0.3 is 19.8 Å². The van der Waals surface area contributed by atoms with Gasteiger partial charge in [-0.2, -0.15) is 0 Å². The Bertz CT molecular complexity index is 942. The lowest BCUT2D eigenvalue weighted by Gasteiger charge is -2.18. The number of ether oxygens (including phenoxy) is 1. The van der Waals surface area contributed by atoms with Crippen molar-refractivity contribution in [2.45, 2.75) is 174 Å². The molecule has 1 amide bonds. The number of hydrogen-bond donors (Lipinski definition) is 4. The predicted octanol–water partition coefficient (Wildman–Crippen LogP) is 8.72. The fraction of sp³-hybridized carbons (Fsp3) is 0.811. The molecule has 3 atom stereocenters. The minimum Gasteiger partial charge on any atom is -0.480 e. The van der Waals surface area contributed by atoms with Crippen molar-refractivity contribution in [2.75, 3.05) is 19.8 Å². The zero-order valence-electron chi connectivity index (χ0n) is 30.5. The van der Waals surface area contributed by atoms with Crippen molar-refractivity contribution in [2.24, 2.45) is 0 Å². The summed E-state index contributed by atoms with van der Waals surface area (Å²) in [5.74, 6) is -2.40. The van der Waals surface area contributed by atoms with Crippen molar-refractivity contribution in [1.29, 1.82) is 0 Å². The Morgan fingerprint density at radius 3 is 1.63 bits per heavy atom. The number of aliphatic hydroxyl groups excluding tert-OH is 1. The zero-order valence-corrected chi connectivity index (χ0v) is 31.4. The first-order chi connectivity index (χ1) is 23.6. The molecule has 0 aliphatic rings. The largest absolute Gasteiger partial charge is 0.480 e. The summed E-state index contributed by atoms with van der Waals surface area (Å²) in [7, 11) is -4.75. The van der Waals surface area contributed by atoms with Gasteiger partial charge in [-0.3, -0.25) is 18.6 Å². The van der Waals surface area contributed by atoms with Gasteiger partial charge in [0.25, 0.3) is 0 Å². The van der Waals surface area contributed by atoms with E-state index in [1.54, 1.807) is 0 Å². The van der Waals surface area contributed by atoms with E-state index in [1.165, 1.54) is 38.5 Å². The third kappa shape index (κ3) is 32.9. The molecule has 49 heavy (non-hydrogen) atoms. The van der Waals surface area contributed by atoms with Crippen LogP contribution in [0.3, 0.4) is 0 Å². The first kappa shape index (κ1) is 47.0. The van der Waals surface area contributed by atoms with E-state index in [9.17, 15) is 34.1 Å². The van der Waals surface area contributed by atoms with Crippen molar-refractivity contribution in [3.63, 3.8) is 0 Å². The highest BCUT2D eigenvalue weighted by atomic mass is 31.2. The van der Waals surface area contributed by atoms with Crippen LogP contribution >= 0.6 is 7.82 Å². The maximum atomic E-state index is 12.2. The van der Waals surface area contributed by atoms with Crippen LogP contribution in [0.1, 0.15) is 162 Å². The summed E-state index contributed by atoms with van der Waals surface area (Å²) in [5, 5.41) is 21.7. The van der Waals surface area contributed by atoms with Crippen molar-refractivity contribution in [3.05, 3.63) is 24.3 Å². The van der Waals surface area contributed by atoms with Gasteiger partial charge in [0, 0.05) is 12.8 Å². The van der Waals surface area contributed by atoms with E-state index in [0.717, 1.165) is 83.5 Å². The van der Waals surface area contributed by atoms with Gasteiger partial charge in [0.2, 0.25) is 5.91 Å². The molecule has 11 nitrogen and oxygen atoms in total. The van der Waals surface area contributed by atoms with Crippen LogP contribution in [0.5, 0.6) is 0 Å². The summed E-state index contributed by atoms with van der Waals surface area (Å²) in [6.07, 6.45) is 30.7. The summed E-state index contributed by atoms with van der Waals surface area (Å²) < 4.78 is 26.7. The molecule has 0 aliphatic heterocycles. The Hall–Kier alpha value is -2.04. The highest BCUT2D eigenvalue weighted by Crippen LogP contribution is 2.43. The molecule has 0 bridgehead atoms. The van der Waals surface area contributed by atoms with Crippen LogP contribution in [0.2, 0.25) is 0 Å². The maximum Gasteiger partial charge on any atom is 0.472 e. The van der Waals surface area contributed by atoms with Gasteiger partial charge in [0.05, 0.1) is 13.2 Å². The number of unbranched alkanes of at least 4 members (excludes halogenated alkanes) is 17. The van der Waals surface area contributed by atoms with Crippen molar-refractivity contribution >= 4 is 25.7 Å². The average molecular weight is 718 g/mol. The van der Waals surface area contributed by atoms with Crippen molar-refractivity contribution in [1.82, 2.24) is 5.32 Å². The van der Waals surface area contributed by atoms with E-state index in [-0.39, 0.29) is 12.8 Å². The summed E-state index contributed by atoms with van der Waals surface area (Å²) in [5.41, 5.74) is 0. The molecular weight excluding hydrogens is 649 g/mol. The first-order valence-corrected chi connectivity index (χ1v) is 20.4. The fourth-order valence-corrected chi connectivity index (χ4v) is 5.73. The van der Waals surface area contributed by atoms with E-state index in [1.807, 2.05) is 0 Å². The van der Waals surface area contributed by atoms with Crippen LogP contribution in [0.25, 0.3) is 0 Å². The lowest BCUT2D eigenvalue weighted by atomic mass is 10.1. The normalized spacial score (nSPS) is 14.2. The van der Waals surface area contributed by atoms with Gasteiger partial charge in [0.1, 0.15) is 12.7 Å². The summed E-state index contributed by atoms with van der Waals surface area (Å²) in [6, 6.07) is -1.55. The molecule has 0 aromatic carbocycles. The SMILES string of the molecule is CCC/C=C\CCCCCCCC(=O)OCC(O)COP(=O)(O)OCC(NC(=O)CCCCCCC/C=C\CCCCCCCC)C(=O)O. The minimum atomic E-state index is -4.75. The smallest absolute Gasteiger partial charge is 0.472 e. The second kappa shape index (κ2) is 33.1. The summed E-state index contributed by atoms with van der Waals surface area (Å²) in [6.45, 7) is 2.48. The molecule has 0 aromatic heterocycles. The van der Waals surface area contributed by atoms with Gasteiger partial charge < -0.3 is 25.2 Å². The first-order valence-electron chi connectivity index (χ1n) is 18.9. The lowest BCUT2D eigenvalue weighted by Crippen LogP contribution is -2.43.